The molecule has 3 N–H and O–H groups in total. The Balaban J connectivity index is 4.86. The smallest absolute Gasteiger partial charge is 0.0865 e. The Morgan fingerprint density at radius 2 is 1.32 bits per heavy atom. The van der Waals surface area contributed by atoms with Gasteiger partial charge in [0.05, 0.1) is 15.5 Å². The molecule has 0 saturated heterocycles. The molecule has 3 nitrogen and oxygen atoms in total. The predicted molar refractivity (Wildman–Crippen MR) is 90.5 cm³/mol. The highest BCUT2D eigenvalue weighted by atomic mass is 28.1. The topological polar surface area (TPSA) is 36.1 Å². The minimum atomic E-state index is -0.131. The van der Waals surface area contributed by atoms with E-state index in [-0.39, 0.29) is 5.29 Å². The zero-order chi connectivity index (χ0) is 15.1. The van der Waals surface area contributed by atoms with Gasteiger partial charge in [-0.15, -0.1) is 0 Å². The van der Waals surface area contributed by atoms with Crippen molar-refractivity contribution in [3.05, 3.63) is 12.3 Å². The predicted octanol–water partition coefficient (Wildman–Crippen LogP) is 1.68. The summed E-state index contributed by atoms with van der Waals surface area (Å²) >= 11 is 0. The lowest BCUT2D eigenvalue weighted by atomic mass is 10.1. The van der Waals surface area contributed by atoms with Gasteiger partial charge in [0.25, 0.3) is 0 Å². The molecule has 0 rings (SSSR count). The second-order valence-corrected chi connectivity index (χ2v) is 7.46. The second-order valence-electron chi connectivity index (χ2n) is 5.96. The van der Waals surface area contributed by atoms with Crippen molar-refractivity contribution < 1.29 is 0 Å². The Morgan fingerprint density at radius 1 is 0.947 bits per heavy atom. The SMILES string of the molecule is C=C(NC(C)CC)C([SiH3])(NC(C)CC)NC(C)CC. The van der Waals surface area contributed by atoms with E-state index >= 15 is 0 Å². The second kappa shape index (κ2) is 8.77. The van der Waals surface area contributed by atoms with Gasteiger partial charge < -0.3 is 5.32 Å². The molecule has 114 valence electrons. The maximum atomic E-state index is 4.29. The molecule has 0 aromatic rings. The van der Waals surface area contributed by atoms with Crippen molar-refractivity contribution in [2.45, 2.75) is 84.2 Å². The van der Waals surface area contributed by atoms with Gasteiger partial charge in [-0.3, -0.25) is 10.6 Å². The molecule has 3 unspecified atom stereocenters. The summed E-state index contributed by atoms with van der Waals surface area (Å²) in [5.41, 5.74) is 1.09. The summed E-state index contributed by atoms with van der Waals surface area (Å²) in [6.45, 7) is 17.6. The fourth-order valence-corrected chi connectivity index (χ4v) is 3.08. The van der Waals surface area contributed by atoms with Crippen LogP contribution in [-0.2, 0) is 0 Å². The average Bonchev–Trinajstić information content (AvgIpc) is 2.37. The van der Waals surface area contributed by atoms with Crippen molar-refractivity contribution in [1.29, 1.82) is 0 Å². The van der Waals surface area contributed by atoms with E-state index in [0.29, 0.717) is 18.1 Å². The van der Waals surface area contributed by atoms with Crippen LogP contribution in [0.1, 0.15) is 60.8 Å². The molecule has 0 amide bonds. The zero-order valence-corrected chi connectivity index (χ0v) is 16.1. The van der Waals surface area contributed by atoms with Crippen LogP contribution in [0, 0.1) is 0 Å². The molecule has 0 aliphatic rings. The number of rotatable bonds is 10. The highest BCUT2D eigenvalue weighted by Gasteiger charge is 2.30. The van der Waals surface area contributed by atoms with E-state index in [0.717, 1.165) is 35.2 Å². The van der Waals surface area contributed by atoms with E-state index in [2.05, 4.69) is 64.1 Å². The quantitative estimate of drug-likeness (QED) is 0.422. The summed E-state index contributed by atoms with van der Waals surface area (Å²) in [5, 5.41) is 10.9. The molecule has 0 aromatic heterocycles. The summed E-state index contributed by atoms with van der Waals surface area (Å²) in [6.07, 6.45) is 3.37. The third kappa shape index (κ3) is 6.59. The van der Waals surface area contributed by atoms with E-state index < -0.39 is 0 Å². The minimum Gasteiger partial charge on any atom is -0.384 e. The molecule has 0 saturated carbocycles. The van der Waals surface area contributed by atoms with Gasteiger partial charge in [0, 0.05) is 23.8 Å². The molecule has 0 heterocycles. The molecule has 0 bridgehead atoms. The van der Waals surface area contributed by atoms with Crippen LogP contribution in [-0.4, -0.2) is 33.7 Å². The third-order valence-corrected chi connectivity index (χ3v) is 5.11. The van der Waals surface area contributed by atoms with Crippen LogP contribution in [0.15, 0.2) is 12.3 Å². The van der Waals surface area contributed by atoms with Crippen LogP contribution in [0.5, 0.6) is 0 Å². The van der Waals surface area contributed by atoms with Crippen molar-refractivity contribution in [3.63, 3.8) is 0 Å². The molecule has 0 spiro atoms. The van der Waals surface area contributed by atoms with E-state index in [4.69, 9.17) is 0 Å². The first-order valence-electron chi connectivity index (χ1n) is 7.80. The fourth-order valence-electron chi connectivity index (χ4n) is 1.95. The minimum absolute atomic E-state index is 0.131. The van der Waals surface area contributed by atoms with Crippen LogP contribution in [0.2, 0.25) is 0 Å². The lowest BCUT2D eigenvalue weighted by Gasteiger charge is -2.40. The average molecular weight is 286 g/mol. The first-order chi connectivity index (χ1) is 8.78. The molecular weight excluding hydrogens is 250 g/mol. The summed E-state index contributed by atoms with van der Waals surface area (Å²) in [6, 6.07) is 1.45. The molecule has 0 fully saturated rings. The van der Waals surface area contributed by atoms with Crippen molar-refractivity contribution in [1.82, 2.24) is 16.0 Å². The molecule has 3 atom stereocenters. The Kier molecular flexibility index (Phi) is 8.62. The van der Waals surface area contributed by atoms with E-state index in [9.17, 15) is 0 Å². The van der Waals surface area contributed by atoms with Gasteiger partial charge in [-0.2, -0.15) is 0 Å². The first kappa shape index (κ1) is 18.7. The first-order valence-corrected chi connectivity index (χ1v) is 8.80. The van der Waals surface area contributed by atoms with E-state index in [1.807, 2.05) is 0 Å². The lowest BCUT2D eigenvalue weighted by Crippen LogP contribution is -2.65. The maximum Gasteiger partial charge on any atom is 0.0865 e. The van der Waals surface area contributed by atoms with Crippen molar-refractivity contribution in [3.8, 4) is 0 Å². The maximum absolute atomic E-state index is 4.29. The van der Waals surface area contributed by atoms with Gasteiger partial charge in [0.1, 0.15) is 0 Å². The highest BCUT2D eigenvalue weighted by molar-refractivity contribution is 6.17. The van der Waals surface area contributed by atoms with Gasteiger partial charge in [0.2, 0.25) is 0 Å². The normalized spacial score (nSPS) is 19.5. The van der Waals surface area contributed by atoms with Crippen LogP contribution in [0.4, 0.5) is 0 Å². The van der Waals surface area contributed by atoms with Gasteiger partial charge in [0.15, 0.2) is 0 Å². The summed E-state index contributed by atoms with van der Waals surface area (Å²) in [4.78, 5) is 0. The van der Waals surface area contributed by atoms with E-state index in [1.54, 1.807) is 0 Å². The van der Waals surface area contributed by atoms with Crippen LogP contribution in [0.3, 0.4) is 0 Å². The highest BCUT2D eigenvalue weighted by Crippen LogP contribution is 2.11. The monoisotopic (exact) mass is 285 g/mol. The van der Waals surface area contributed by atoms with Crippen molar-refractivity contribution in [2.75, 3.05) is 0 Å². The van der Waals surface area contributed by atoms with Crippen LogP contribution >= 0.6 is 0 Å². The van der Waals surface area contributed by atoms with Gasteiger partial charge in [-0.25, -0.2) is 0 Å². The molecular formula is C15H35N3Si. The number of hydrogen-bond donors (Lipinski definition) is 3. The van der Waals surface area contributed by atoms with Crippen LogP contribution < -0.4 is 16.0 Å². The Morgan fingerprint density at radius 3 is 1.63 bits per heavy atom. The Hall–Kier alpha value is -0.323. The van der Waals surface area contributed by atoms with E-state index in [1.165, 1.54) is 0 Å². The van der Waals surface area contributed by atoms with Gasteiger partial charge in [-0.05, 0) is 40.0 Å². The Labute approximate surface area is 123 Å². The van der Waals surface area contributed by atoms with Crippen molar-refractivity contribution >= 4 is 10.2 Å². The summed E-state index contributed by atoms with van der Waals surface area (Å²) in [7, 11) is 0.981. The molecule has 0 radical (unpaired) electrons. The summed E-state index contributed by atoms with van der Waals surface area (Å²) in [5.74, 6) is 0. The largest absolute Gasteiger partial charge is 0.384 e. The lowest BCUT2D eigenvalue weighted by molar-refractivity contribution is 0.318. The zero-order valence-electron chi connectivity index (χ0n) is 14.1. The van der Waals surface area contributed by atoms with Crippen LogP contribution in [0.25, 0.3) is 0 Å². The number of nitrogens with one attached hydrogen (secondary N) is 3. The molecule has 0 aromatic carbocycles. The Bertz CT molecular complexity index is 256. The van der Waals surface area contributed by atoms with Gasteiger partial charge >= 0.3 is 0 Å². The fraction of sp³-hybridized carbons (Fsp3) is 0.867. The standard InChI is InChI=1S/C15H35N3Si/c1-8-11(4)16-14(7)15(19,17-12(5)9-2)18-13(6)10-3/h11-13,16-18H,7-10H2,1-6,19H3. The number of hydrogen-bond acceptors (Lipinski definition) is 3. The van der Waals surface area contributed by atoms with Gasteiger partial charge in [-0.1, -0.05) is 27.4 Å². The third-order valence-electron chi connectivity index (χ3n) is 3.93. The molecule has 0 aliphatic heterocycles. The van der Waals surface area contributed by atoms with Crippen molar-refractivity contribution in [2.24, 2.45) is 0 Å². The summed E-state index contributed by atoms with van der Waals surface area (Å²) < 4.78 is 0. The molecule has 0 aliphatic carbocycles. The molecule has 19 heavy (non-hydrogen) atoms. The molecule has 4 heteroatoms.